The predicted molar refractivity (Wildman–Crippen MR) is 278 cm³/mol. The minimum atomic E-state index is 0. The van der Waals surface area contributed by atoms with Crippen molar-refractivity contribution in [1.82, 2.24) is 31.9 Å². The maximum absolute atomic E-state index is 7.83. The molecule has 0 heterocycles. The number of hydrogen-bond donors (Lipinski definition) is 6. The van der Waals surface area contributed by atoms with Gasteiger partial charge in [-0.25, -0.2) is 0 Å². The molecule has 55 heavy (non-hydrogen) atoms. The Morgan fingerprint density at radius 2 is 0.382 bits per heavy atom. The molecule has 0 aromatic carbocycles. The minimum Gasteiger partial charge on any atom is -0.412 e. The van der Waals surface area contributed by atoms with Crippen molar-refractivity contribution in [2.75, 3.05) is 39.3 Å². The van der Waals surface area contributed by atoms with Crippen molar-refractivity contribution in [2.24, 2.45) is 0 Å². The van der Waals surface area contributed by atoms with E-state index in [0.717, 1.165) is 0 Å². The largest absolute Gasteiger partial charge is 0.412 e. The van der Waals surface area contributed by atoms with Gasteiger partial charge in [0.05, 0.1) is 0 Å². The topological polar surface area (TPSA) is 175 Å². The maximum Gasteiger partial charge on any atom is 0.197 e. The van der Waals surface area contributed by atoms with Gasteiger partial charge in [0, 0.05) is 60.3 Å². The summed E-state index contributed by atoms with van der Waals surface area (Å²) in [6, 6.07) is 0. The van der Waals surface area contributed by atoms with Crippen molar-refractivity contribution in [3.05, 3.63) is 75.9 Å². The first-order valence-electron chi connectivity index (χ1n) is 12.0. The molecule has 6 N–H and O–H groups in total. The summed E-state index contributed by atoms with van der Waals surface area (Å²) in [4.78, 5) is 0. The van der Waals surface area contributed by atoms with E-state index < -0.39 is 0 Å². The molecule has 0 aliphatic carbocycles. The first kappa shape index (κ1) is 90.9. The quantitative estimate of drug-likeness (QED) is 0.0719. The zero-order valence-corrected chi connectivity index (χ0v) is 44.9. The van der Waals surface area contributed by atoms with Crippen LogP contribution < -0.4 is 31.9 Å². The molecule has 12 nitrogen and oxygen atoms in total. The van der Waals surface area contributed by atoms with Gasteiger partial charge in [0.1, 0.15) is 0 Å². The Bertz CT molecular complexity index is 768. The second-order valence-corrected chi connectivity index (χ2v) is 12.2. The normalized spacial score (nSPS) is 6.11. The molecular formula is C24H36MoN6O6S18-6. The predicted octanol–water partition coefficient (Wildman–Crippen LogP) is 1.54. The van der Waals surface area contributed by atoms with Gasteiger partial charge in [0.2, 0.25) is 0 Å². The molecule has 0 radical (unpaired) electrons. The van der Waals surface area contributed by atoms with Crippen LogP contribution in [0.15, 0.2) is 75.9 Å². The zero-order valence-electron chi connectivity index (χ0n) is 28.2. The third-order valence-corrected chi connectivity index (χ3v) is 4.08. The number of hydrogen-bond acceptors (Lipinski definition) is 24. The second-order valence-electron chi connectivity index (χ2n) is 5.74. The molecule has 0 unspecified atom stereocenters. The fraction of sp³-hybridized carbons (Fsp3) is 0.250. The Morgan fingerprint density at radius 1 is 0.309 bits per heavy atom. The minimum absolute atomic E-state index is 0. The van der Waals surface area contributed by atoms with Crippen molar-refractivity contribution in [3.63, 3.8) is 0 Å². The van der Waals surface area contributed by atoms with E-state index in [1.807, 2.05) is 0 Å². The molecular weight excluding hydrogens is 1140 g/mol. The average molecular weight is 1180 g/mol. The zero-order chi connectivity index (χ0) is 46.2. The Labute approximate surface area is 437 Å². The summed E-state index contributed by atoms with van der Waals surface area (Å²) in [5, 5.41) is 16.3. The molecule has 0 aromatic heterocycles. The Hall–Kier alpha value is -0.0917. The van der Waals surface area contributed by atoms with E-state index in [2.05, 4.69) is 296 Å². The van der Waals surface area contributed by atoms with Gasteiger partial charge >= 0.3 is 0 Å². The van der Waals surface area contributed by atoms with Crippen LogP contribution in [-0.4, -0.2) is 90.4 Å². The van der Waals surface area contributed by atoms with Crippen molar-refractivity contribution >= 4 is 250 Å². The van der Waals surface area contributed by atoms with E-state index in [1.165, 1.54) is 0 Å². The molecule has 0 aliphatic rings. The monoisotopic (exact) mass is 1180 g/mol. The van der Waals surface area contributed by atoms with Crippen LogP contribution in [0.2, 0.25) is 0 Å². The summed E-state index contributed by atoms with van der Waals surface area (Å²) >= 11 is 71.2. The van der Waals surface area contributed by atoms with Crippen LogP contribution in [0.4, 0.5) is 0 Å². The summed E-state index contributed by atoms with van der Waals surface area (Å²) in [5.41, 5.74) is 0. The SMILES string of the molecule is C=CCNC(=S)[S-].C=CCNC(=S)[S-].C=CCNC(=S)[S-].C=CCNC(=S)[S-].C=CCNC(=S)[S-].C=CCNC(=S)[S-].O=S.O=S.O=S.O=S.O=S.O=S.[Mo]. The fourth-order valence-corrected chi connectivity index (χ4v) is 1.93. The van der Waals surface area contributed by atoms with Crippen LogP contribution in [0.1, 0.15) is 0 Å². The van der Waals surface area contributed by atoms with Crippen LogP contribution in [0.5, 0.6) is 0 Å². The molecule has 0 amide bonds. The Morgan fingerprint density at radius 3 is 0.400 bits per heavy atom. The van der Waals surface area contributed by atoms with Gasteiger partial charge in [-0.05, 0) is 0 Å². The van der Waals surface area contributed by atoms with Crippen LogP contribution in [0.25, 0.3) is 0 Å². The van der Waals surface area contributed by atoms with Crippen molar-refractivity contribution in [3.8, 4) is 0 Å². The van der Waals surface area contributed by atoms with Gasteiger partial charge in [-0.3, -0.25) is 0 Å². The molecule has 0 spiro atoms. The molecule has 0 saturated heterocycles. The molecule has 0 aliphatic heterocycles. The smallest absolute Gasteiger partial charge is 0.197 e. The van der Waals surface area contributed by atoms with Gasteiger partial charge in [-0.1, -0.05) is 62.4 Å². The fourth-order valence-electron chi connectivity index (χ4n) is 0.933. The van der Waals surface area contributed by atoms with E-state index >= 15 is 0 Å². The first-order chi connectivity index (χ1) is 25.6. The number of nitrogens with one attached hydrogen (secondary N) is 6. The van der Waals surface area contributed by atoms with Gasteiger partial charge in [-0.2, -0.15) is 25.3 Å². The second kappa shape index (κ2) is 117. The molecule has 318 valence electrons. The first-order valence-corrected chi connectivity index (χ1v) is 18.9. The Balaban J connectivity index is -0.0000000330. The molecule has 0 fully saturated rings. The van der Waals surface area contributed by atoms with E-state index in [0.29, 0.717) is 65.2 Å². The molecule has 31 heteroatoms. The van der Waals surface area contributed by atoms with Crippen molar-refractivity contribution in [1.29, 1.82) is 0 Å². The number of rotatable bonds is 12. The van der Waals surface area contributed by atoms with Gasteiger partial charge in [0.25, 0.3) is 0 Å². The van der Waals surface area contributed by atoms with Crippen molar-refractivity contribution < 1.29 is 46.3 Å². The van der Waals surface area contributed by atoms with Crippen LogP contribution in [0, 0.1) is 0 Å². The van der Waals surface area contributed by atoms with E-state index in [-0.39, 0.29) is 21.1 Å². The molecule has 0 atom stereocenters. The third-order valence-electron chi connectivity index (χ3n) is 2.34. The van der Waals surface area contributed by atoms with Crippen molar-refractivity contribution in [2.45, 2.75) is 0 Å². The van der Waals surface area contributed by atoms with E-state index in [4.69, 9.17) is 25.3 Å². The molecule has 0 aromatic rings. The van der Waals surface area contributed by atoms with Gasteiger partial charge in [-0.15, -0.1) is 39.5 Å². The van der Waals surface area contributed by atoms with Crippen LogP contribution in [0.3, 0.4) is 0 Å². The third kappa shape index (κ3) is 254. The summed E-state index contributed by atoms with van der Waals surface area (Å²) in [6.07, 6.45) is 10.2. The molecule has 0 rings (SSSR count). The molecule has 0 bridgehead atoms. The summed E-state index contributed by atoms with van der Waals surface area (Å²) in [7, 11) is 0. The van der Waals surface area contributed by atoms with E-state index in [1.54, 1.807) is 36.5 Å². The Kier molecular flexibility index (Phi) is 193. The molecule has 0 saturated carbocycles. The maximum atomic E-state index is 7.83. The summed E-state index contributed by atoms with van der Waals surface area (Å²) < 4.78 is 49.4. The van der Waals surface area contributed by atoms with Gasteiger partial charge in [0.15, 0.2) is 75.2 Å². The van der Waals surface area contributed by atoms with E-state index in [9.17, 15) is 0 Å². The summed E-state index contributed by atoms with van der Waals surface area (Å²) in [6.45, 7) is 24.8. The average Bonchev–Trinajstić information content (AvgIpc) is 3.18. The summed E-state index contributed by atoms with van der Waals surface area (Å²) in [5.74, 6) is 0. The standard InChI is InChI=1S/6C4H7NS2.Mo.6OS/c6*1-2-3-5-4(6)7;;6*1-2/h6*2H,1,3H2,(H2,5,6,7);;;;;;;/p-6. The van der Waals surface area contributed by atoms with Crippen LogP contribution in [-0.2, 0) is 172 Å². The van der Waals surface area contributed by atoms with Crippen LogP contribution >= 0.6 is 73.3 Å². The van der Waals surface area contributed by atoms with Gasteiger partial charge < -0.3 is 181 Å². The number of thiocarbonyl (C=S) groups is 6.